The molecule has 2 unspecified atom stereocenters. The van der Waals surface area contributed by atoms with E-state index in [0.29, 0.717) is 6.10 Å². The largest absolute Gasteiger partial charge is 0.374 e. The molecule has 2 nitrogen and oxygen atoms in total. The summed E-state index contributed by atoms with van der Waals surface area (Å²) in [6, 6.07) is 0.768. The van der Waals surface area contributed by atoms with Crippen molar-refractivity contribution in [3.05, 3.63) is 12.2 Å². The molecule has 98 valence electrons. The van der Waals surface area contributed by atoms with Gasteiger partial charge in [0.15, 0.2) is 0 Å². The molecule has 0 radical (unpaired) electrons. The van der Waals surface area contributed by atoms with Crippen molar-refractivity contribution in [3.63, 3.8) is 0 Å². The van der Waals surface area contributed by atoms with E-state index in [1.165, 1.54) is 50.5 Å². The third-order valence-corrected chi connectivity index (χ3v) is 4.08. The molecular formula is C15H27NO. The van der Waals surface area contributed by atoms with Crippen LogP contribution in [-0.4, -0.2) is 25.3 Å². The maximum absolute atomic E-state index is 6.06. The summed E-state index contributed by atoms with van der Waals surface area (Å²) < 4.78 is 6.06. The average Bonchev–Trinajstić information content (AvgIpc) is 3.18. The standard InChI is InChI=1S/C15H27NO/c1-3-13-6-4-5-7-15(13)17-11-12(2)10-16-14-8-9-14/h13-16H,2-11H2,1H3. The highest BCUT2D eigenvalue weighted by atomic mass is 16.5. The van der Waals surface area contributed by atoms with E-state index >= 15 is 0 Å². The summed E-state index contributed by atoms with van der Waals surface area (Å²) in [5, 5.41) is 3.49. The molecule has 2 atom stereocenters. The molecule has 0 bridgehead atoms. The van der Waals surface area contributed by atoms with Gasteiger partial charge in [0.2, 0.25) is 0 Å². The summed E-state index contributed by atoms with van der Waals surface area (Å²) in [6.45, 7) is 8.08. The highest BCUT2D eigenvalue weighted by Crippen LogP contribution is 2.29. The van der Waals surface area contributed by atoms with Crippen LogP contribution >= 0.6 is 0 Å². The van der Waals surface area contributed by atoms with Crippen molar-refractivity contribution in [3.8, 4) is 0 Å². The van der Waals surface area contributed by atoms with Crippen LogP contribution in [0.2, 0.25) is 0 Å². The van der Waals surface area contributed by atoms with Gasteiger partial charge in [-0.15, -0.1) is 0 Å². The Morgan fingerprint density at radius 1 is 1.24 bits per heavy atom. The van der Waals surface area contributed by atoms with Crippen molar-refractivity contribution in [1.29, 1.82) is 0 Å². The normalized spacial score (nSPS) is 29.2. The molecule has 0 aliphatic heterocycles. The topological polar surface area (TPSA) is 21.3 Å². The Morgan fingerprint density at radius 2 is 2.00 bits per heavy atom. The second-order valence-electron chi connectivity index (χ2n) is 5.71. The van der Waals surface area contributed by atoms with E-state index in [4.69, 9.17) is 4.74 Å². The smallest absolute Gasteiger partial charge is 0.0690 e. The van der Waals surface area contributed by atoms with Crippen molar-refractivity contribution in [2.24, 2.45) is 5.92 Å². The third-order valence-electron chi connectivity index (χ3n) is 4.08. The molecule has 0 aromatic heterocycles. The van der Waals surface area contributed by atoms with Gasteiger partial charge in [-0.1, -0.05) is 32.8 Å². The molecule has 0 amide bonds. The second kappa shape index (κ2) is 6.55. The molecular weight excluding hydrogens is 210 g/mol. The van der Waals surface area contributed by atoms with Gasteiger partial charge in [0, 0.05) is 12.6 Å². The SMILES string of the molecule is C=C(CNC1CC1)COC1CCCCC1CC. The first-order valence-corrected chi connectivity index (χ1v) is 7.31. The first-order chi connectivity index (χ1) is 8.29. The first-order valence-electron chi connectivity index (χ1n) is 7.31. The van der Waals surface area contributed by atoms with Gasteiger partial charge in [0.25, 0.3) is 0 Å². The molecule has 0 saturated heterocycles. The van der Waals surface area contributed by atoms with Gasteiger partial charge in [0.1, 0.15) is 0 Å². The Balaban J connectivity index is 1.62. The fraction of sp³-hybridized carbons (Fsp3) is 0.867. The number of hydrogen-bond donors (Lipinski definition) is 1. The van der Waals surface area contributed by atoms with Crippen LogP contribution in [0.1, 0.15) is 51.9 Å². The number of rotatable bonds is 7. The fourth-order valence-corrected chi connectivity index (χ4v) is 2.71. The summed E-state index contributed by atoms with van der Waals surface area (Å²) in [5.41, 5.74) is 1.21. The van der Waals surface area contributed by atoms with Gasteiger partial charge < -0.3 is 10.1 Å². The van der Waals surface area contributed by atoms with E-state index in [1.807, 2.05) is 0 Å². The van der Waals surface area contributed by atoms with E-state index in [2.05, 4.69) is 18.8 Å². The fourth-order valence-electron chi connectivity index (χ4n) is 2.71. The van der Waals surface area contributed by atoms with Crippen molar-refractivity contribution >= 4 is 0 Å². The zero-order valence-corrected chi connectivity index (χ0v) is 11.2. The number of nitrogens with one attached hydrogen (secondary N) is 1. The summed E-state index contributed by atoms with van der Waals surface area (Å²) in [7, 11) is 0. The van der Waals surface area contributed by atoms with Gasteiger partial charge in [0.05, 0.1) is 12.7 Å². The highest BCUT2D eigenvalue weighted by molar-refractivity contribution is 4.99. The summed E-state index contributed by atoms with van der Waals surface area (Å²) in [6.07, 6.45) is 9.78. The van der Waals surface area contributed by atoms with Crippen LogP contribution in [-0.2, 0) is 4.74 Å². The van der Waals surface area contributed by atoms with Crippen molar-refractivity contribution in [1.82, 2.24) is 5.32 Å². The molecule has 0 aromatic rings. The van der Waals surface area contributed by atoms with Crippen LogP contribution in [0.5, 0.6) is 0 Å². The minimum absolute atomic E-state index is 0.492. The molecule has 2 heteroatoms. The quantitative estimate of drug-likeness (QED) is 0.686. The Kier molecular flexibility index (Phi) is 5.05. The molecule has 1 N–H and O–H groups in total. The van der Waals surface area contributed by atoms with Crippen LogP contribution in [0.3, 0.4) is 0 Å². The van der Waals surface area contributed by atoms with Crippen LogP contribution < -0.4 is 5.32 Å². The Labute approximate surface area is 106 Å². The molecule has 2 fully saturated rings. The van der Waals surface area contributed by atoms with E-state index in [1.54, 1.807) is 0 Å². The molecule has 0 aromatic carbocycles. The summed E-state index contributed by atoms with van der Waals surface area (Å²) in [5.74, 6) is 0.785. The van der Waals surface area contributed by atoms with Crippen LogP contribution in [0, 0.1) is 5.92 Å². The lowest BCUT2D eigenvalue weighted by atomic mass is 9.85. The molecule has 0 spiro atoms. The minimum Gasteiger partial charge on any atom is -0.374 e. The molecule has 0 heterocycles. The Hall–Kier alpha value is -0.340. The van der Waals surface area contributed by atoms with Crippen LogP contribution in [0.15, 0.2) is 12.2 Å². The lowest BCUT2D eigenvalue weighted by molar-refractivity contribution is -0.000908. The summed E-state index contributed by atoms with van der Waals surface area (Å²) >= 11 is 0. The maximum atomic E-state index is 6.06. The van der Waals surface area contributed by atoms with Crippen molar-refractivity contribution in [2.45, 2.75) is 64.0 Å². The number of hydrogen-bond acceptors (Lipinski definition) is 2. The average molecular weight is 237 g/mol. The lowest BCUT2D eigenvalue weighted by Gasteiger charge is -2.31. The van der Waals surface area contributed by atoms with Gasteiger partial charge in [-0.05, 0) is 37.2 Å². The zero-order chi connectivity index (χ0) is 12.1. The molecule has 2 saturated carbocycles. The monoisotopic (exact) mass is 237 g/mol. The molecule has 2 rings (SSSR count). The zero-order valence-electron chi connectivity index (χ0n) is 11.2. The lowest BCUT2D eigenvalue weighted by Crippen LogP contribution is -2.29. The van der Waals surface area contributed by atoms with E-state index < -0.39 is 0 Å². The highest BCUT2D eigenvalue weighted by Gasteiger charge is 2.24. The second-order valence-corrected chi connectivity index (χ2v) is 5.71. The molecule has 17 heavy (non-hydrogen) atoms. The maximum Gasteiger partial charge on any atom is 0.0690 e. The van der Waals surface area contributed by atoms with E-state index in [-0.39, 0.29) is 0 Å². The van der Waals surface area contributed by atoms with E-state index in [0.717, 1.165) is 25.1 Å². The minimum atomic E-state index is 0.492. The first kappa shape index (κ1) is 13.1. The number of ether oxygens (including phenoxy) is 1. The third kappa shape index (κ3) is 4.44. The predicted molar refractivity (Wildman–Crippen MR) is 72.2 cm³/mol. The Bertz CT molecular complexity index is 247. The summed E-state index contributed by atoms with van der Waals surface area (Å²) in [4.78, 5) is 0. The van der Waals surface area contributed by atoms with Gasteiger partial charge >= 0.3 is 0 Å². The Morgan fingerprint density at radius 3 is 2.71 bits per heavy atom. The molecule has 2 aliphatic carbocycles. The molecule has 2 aliphatic rings. The van der Waals surface area contributed by atoms with Crippen LogP contribution in [0.4, 0.5) is 0 Å². The van der Waals surface area contributed by atoms with Gasteiger partial charge in [-0.25, -0.2) is 0 Å². The predicted octanol–water partition coefficient (Wildman–Crippen LogP) is 3.28. The van der Waals surface area contributed by atoms with Crippen LogP contribution in [0.25, 0.3) is 0 Å². The van der Waals surface area contributed by atoms with Crippen molar-refractivity contribution in [2.75, 3.05) is 13.2 Å². The van der Waals surface area contributed by atoms with E-state index in [9.17, 15) is 0 Å². The van der Waals surface area contributed by atoms with Gasteiger partial charge in [-0.3, -0.25) is 0 Å². The van der Waals surface area contributed by atoms with Crippen molar-refractivity contribution < 1.29 is 4.74 Å². The van der Waals surface area contributed by atoms with Gasteiger partial charge in [-0.2, -0.15) is 0 Å².